The largest absolute Gasteiger partial charge is 0.302 e. The van der Waals surface area contributed by atoms with Crippen molar-refractivity contribution in [3.63, 3.8) is 0 Å². The van der Waals surface area contributed by atoms with E-state index < -0.39 is 4.92 Å². The standard InChI is InChI=1S/C18H13N3O3/c22-17-11-16(13-5-1-7-14(10-13)21(23)24)20(17)15-8-2-4-12-6-3-9-19-18(12)15/h1-10,16H,11H2. The Morgan fingerprint density at radius 1 is 1.12 bits per heavy atom. The van der Waals surface area contributed by atoms with Gasteiger partial charge in [-0.2, -0.15) is 0 Å². The number of nitro benzene ring substituents is 1. The number of hydrogen-bond acceptors (Lipinski definition) is 4. The van der Waals surface area contributed by atoms with Gasteiger partial charge >= 0.3 is 0 Å². The fraction of sp³-hybridized carbons (Fsp3) is 0.111. The van der Waals surface area contributed by atoms with Crippen molar-refractivity contribution in [1.29, 1.82) is 0 Å². The fourth-order valence-corrected chi connectivity index (χ4v) is 3.11. The summed E-state index contributed by atoms with van der Waals surface area (Å²) < 4.78 is 0. The van der Waals surface area contributed by atoms with E-state index in [4.69, 9.17) is 0 Å². The predicted octanol–water partition coefficient (Wildman–Crippen LogP) is 3.62. The summed E-state index contributed by atoms with van der Waals surface area (Å²) in [7, 11) is 0. The Kier molecular flexibility index (Phi) is 3.23. The maximum atomic E-state index is 12.2. The highest BCUT2D eigenvalue weighted by Crippen LogP contribution is 2.41. The highest BCUT2D eigenvalue weighted by molar-refractivity contribution is 6.07. The number of carbonyl (C=O) groups is 1. The minimum atomic E-state index is -0.423. The lowest BCUT2D eigenvalue weighted by molar-refractivity contribution is -0.384. The molecule has 6 nitrogen and oxygen atoms in total. The lowest BCUT2D eigenvalue weighted by atomic mass is 9.92. The molecule has 2 heterocycles. The van der Waals surface area contributed by atoms with Crippen LogP contribution in [0.5, 0.6) is 0 Å². The zero-order valence-electron chi connectivity index (χ0n) is 12.6. The second-order valence-corrected chi connectivity index (χ2v) is 5.69. The van der Waals surface area contributed by atoms with Gasteiger partial charge in [-0.25, -0.2) is 0 Å². The van der Waals surface area contributed by atoms with Crippen molar-refractivity contribution in [1.82, 2.24) is 4.98 Å². The zero-order chi connectivity index (χ0) is 16.7. The Balaban J connectivity index is 1.78. The van der Waals surface area contributed by atoms with E-state index in [0.717, 1.165) is 22.2 Å². The molecule has 0 N–H and O–H groups in total. The van der Waals surface area contributed by atoms with Gasteiger partial charge < -0.3 is 4.90 Å². The molecule has 0 saturated carbocycles. The molecular weight excluding hydrogens is 306 g/mol. The van der Waals surface area contributed by atoms with Gasteiger partial charge in [-0.1, -0.05) is 30.3 Å². The molecule has 2 aromatic carbocycles. The molecule has 1 atom stereocenters. The third-order valence-electron chi connectivity index (χ3n) is 4.29. The molecule has 0 bridgehead atoms. The Bertz CT molecular complexity index is 965. The van der Waals surface area contributed by atoms with Gasteiger partial charge in [0.15, 0.2) is 0 Å². The van der Waals surface area contributed by atoms with Gasteiger partial charge in [-0.05, 0) is 17.7 Å². The van der Waals surface area contributed by atoms with Crippen LogP contribution in [0, 0.1) is 10.1 Å². The van der Waals surface area contributed by atoms with Crippen LogP contribution in [0.15, 0.2) is 60.8 Å². The average molecular weight is 319 g/mol. The first-order valence-corrected chi connectivity index (χ1v) is 7.55. The number of aromatic nitrogens is 1. The van der Waals surface area contributed by atoms with E-state index in [0.29, 0.717) is 6.42 Å². The highest BCUT2D eigenvalue weighted by atomic mass is 16.6. The monoisotopic (exact) mass is 319 g/mol. The Morgan fingerprint density at radius 2 is 1.92 bits per heavy atom. The molecule has 1 aliphatic rings. The van der Waals surface area contributed by atoms with E-state index in [1.165, 1.54) is 12.1 Å². The number of anilines is 1. The number of pyridine rings is 1. The molecule has 1 aliphatic heterocycles. The number of rotatable bonds is 3. The van der Waals surface area contributed by atoms with Crippen LogP contribution < -0.4 is 4.90 Å². The number of nitro groups is 1. The van der Waals surface area contributed by atoms with E-state index >= 15 is 0 Å². The summed E-state index contributed by atoms with van der Waals surface area (Å²) in [6, 6.07) is 15.7. The molecule has 1 fully saturated rings. The molecule has 3 aromatic rings. The van der Waals surface area contributed by atoms with Crippen LogP contribution in [0.3, 0.4) is 0 Å². The first-order valence-electron chi connectivity index (χ1n) is 7.55. The molecule has 0 aliphatic carbocycles. The molecule has 1 amide bonds. The van der Waals surface area contributed by atoms with E-state index in [1.54, 1.807) is 17.2 Å². The number of benzene rings is 2. The molecule has 0 radical (unpaired) electrons. The maximum Gasteiger partial charge on any atom is 0.269 e. The first kappa shape index (κ1) is 14.3. The van der Waals surface area contributed by atoms with Gasteiger partial charge in [-0.3, -0.25) is 19.9 Å². The molecule has 0 spiro atoms. The van der Waals surface area contributed by atoms with Crippen LogP contribution in [0.4, 0.5) is 11.4 Å². The van der Waals surface area contributed by atoms with Gasteiger partial charge in [0, 0.05) is 23.7 Å². The number of carbonyl (C=O) groups excluding carboxylic acids is 1. The number of nitrogens with zero attached hydrogens (tertiary/aromatic N) is 3. The van der Waals surface area contributed by atoms with Crippen LogP contribution in [-0.4, -0.2) is 15.8 Å². The summed E-state index contributed by atoms with van der Waals surface area (Å²) in [6.07, 6.45) is 2.03. The van der Waals surface area contributed by atoms with Crippen molar-refractivity contribution in [3.05, 3.63) is 76.5 Å². The second-order valence-electron chi connectivity index (χ2n) is 5.69. The molecule has 118 valence electrons. The van der Waals surface area contributed by atoms with Crippen LogP contribution in [0.2, 0.25) is 0 Å². The van der Waals surface area contributed by atoms with Crippen molar-refractivity contribution in [2.75, 3.05) is 4.90 Å². The molecule has 1 saturated heterocycles. The van der Waals surface area contributed by atoms with Crippen LogP contribution >= 0.6 is 0 Å². The summed E-state index contributed by atoms with van der Waals surface area (Å²) in [4.78, 5) is 28.9. The number of non-ortho nitro benzene ring substituents is 1. The first-order chi connectivity index (χ1) is 11.6. The van der Waals surface area contributed by atoms with Crippen molar-refractivity contribution in [2.24, 2.45) is 0 Å². The zero-order valence-corrected chi connectivity index (χ0v) is 12.6. The summed E-state index contributed by atoms with van der Waals surface area (Å²) in [5.41, 5.74) is 2.28. The van der Waals surface area contributed by atoms with E-state index in [9.17, 15) is 14.9 Å². The van der Waals surface area contributed by atoms with E-state index in [1.807, 2.05) is 36.4 Å². The normalized spacial score (nSPS) is 16.9. The van der Waals surface area contributed by atoms with Crippen LogP contribution in [-0.2, 0) is 4.79 Å². The average Bonchev–Trinajstić information content (AvgIpc) is 2.60. The van der Waals surface area contributed by atoms with Crippen molar-refractivity contribution in [3.8, 4) is 0 Å². The molecule has 6 heteroatoms. The third kappa shape index (κ3) is 2.20. The van der Waals surface area contributed by atoms with Crippen LogP contribution in [0.1, 0.15) is 18.0 Å². The third-order valence-corrected chi connectivity index (χ3v) is 4.29. The predicted molar refractivity (Wildman–Crippen MR) is 89.7 cm³/mol. The molecule has 24 heavy (non-hydrogen) atoms. The van der Waals surface area contributed by atoms with Crippen molar-refractivity contribution in [2.45, 2.75) is 12.5 Å². The van der Waals surface area contributed by atoms with Crippen molar-refractivity contribution < 1.29 is 9.72 Å². The fourth-order valence-electron chi connectivity index (χ4n) is 3.11. The number of para-hydroxylation sites is 1. The van der Waals surface area contributed by atoms with Gasteiger partial charge in [-0.15, -0.1) is 0 Å². The minimum Gasteiger partial charge on any atom is -0.302 e. The second kappa shape index (κ2) is 5.42. The summed E-state index contributed by atoms with van der Waals surface area (Å²) in [5.74, 6) is -0.00957. The highest BCUT2D eigenvalue weighted by Gasteiger charge is 2.39. The number of amides is 1. The molecular formula is C18H13N3O3. The SMILES string of the molecule is O=C1CC(c2cccc([N+](=O)[O-])c2)N1c1cccc2cccnc12. The van der Waals surface area contributed by atoms with Gasteiger partial charge in [0.1, 0.15) is 0 Å². The maximum absolute atomic E-state index is 12.2. The van der Waals surface area contributed by atoms with E-state index in [-0.39, 0.29) is 17.6 Å². The number of β-lactam (4-membered cyclic amide) rings is 1. The van der Waals surface area contributed by atoms with Crippen LogP contribution in [0.25, 0.3) is 10.9 Å². The Morgan fingerprint density at radius 3 is 2.71 bits per heavy atom. The Labute approximate surface area is 137 Å². The van der Waals surface area contributed by atoms with Crippen molar-refractivity contribution >= 4 is 28.2 Å². The van der Waals surface area contributed by atoms with Gasteiger partial charge in [0.2, 0.25) is 5.91 Å². The minimum absolute atomic E-state index is 0.00957. The lowest BCUT2D eigenvalue weighted by Gasteiger charge is -2.41. The number of hydrogen-bond donors (Lipinski definition) is 0. The lowest BCUT2D eigenvalue weighted by Crippen LogP contribution is -2.46. The molecule has 4 rings (SSSR count). The van der Waals surface area contributed by atoms with Gasteiger partial charge in [0.25, 0.3) is 5.69 Å². The summed E-state index contributed by atoms with van der Waals surface area (Å²) in [6.45, 7) is 0. The summed E-state index contributed by atoms with van der Waals surface area (Å²) in [5, 5.41) is 11.9. The quantitative estimate of drug-likeness (QED) is 0.420. The smallest absolute Gasteiger partial charge is 0.269 e. The van der Waals surface area contributed by atoms with E-state index in [2.05, 4.69) is 4.98 Å². The molecule has 1 aromatic heterocycles. The molecule has 1 unspecified atom stereocenters. The Hall–Kier alpha value is -3.28. The topological polar surface area (TPSA) is 76.3 Å². The summed E-state index contributed by atoms with van der Waals surface area (Å²) >= 11 is 0. The van der Waals surface area contributed by atoms with Gasteiger partial charge in [0.05, 0.1) is 28.6 Å². The number of fused-ring (bicyclic) bond motifs is 1.